The van der Waals surface area contributed by atoms with Crippen LogP contribution in [0.4, 0.5) is 0 Å². The Labute approximate surface area is 214 Å². The van der Waals surface area contributed by atoms with Crippen LogP contribution in [0.15, 0.2) is 24.3 Å². The minimum atomic E-state index is -0.217. The Hall–Kier alpha value is -1.64. The first-order valence-electron chi connectivity index (χ1n) is 15.0. The van der Waals surface area contributed by atoms with E-state index >= 15 is 0 Å². The van der Waals surface area contributed by atoms with E-state index in [-0.39, 0.29) is 29.7 Å². The third kappa shape index (κ3) is 9.73. The second-order valence-electron chi connectivity index (χ2n) is 11.2. The number of unbranched alkanes of at least 4 members (excludes halogenated alkanes) is 15. The van der Waals surface area contributed by atoms with Gasteiger partial charge in [0.05, 0.1) is 5.92 Å². The van der Waals surface area contributed by atoms with Crippen LogP contribution in [0.5, 0.6) is 0 Å². The molecule has 1 saturated carbocycles. The van der Waals surface area contributed by atoms with Crippen molar-refractivity contribution in [2.75, 3.05) is 0 Å². The summed E-state index contributed by atoms with van der Waals surface area (Å²) in [5.74, 6) is -0.439. The number of carbonyl (C=O) groups excluding carboxylic acids is 2. The molecule has 3 nitrogen and oxygen atoms in total. The lowest BCUT2D eigenvalue weighted by molar-refractivity contribution is -0.143. The number of fused-ring (bicyclic) bond motifs is 2. The first-order valence-corrected chi connectivity index (χ1v) is 15.0. The van der Waals surface area contributed by atoms with E-state index in [0.717, 1.165) is 31.2 Å². The van der Waals surface area contributed by atoms with Crippen LogP contribution < -0.4 is 0 Å². The normalized spacial score (nSPS) is 21.3. The van der Waals surface area contributed by atoms with Crippen LogP contribution in [0.25, 0.3) is 0 Å². The standard InChI is InChI=1S/C32H50O3/c1-2-3-4-5-6-7-8-9-10-11-12-13-14-15-16-17-18-26-19-21-27(22-20-26)31(33)29-24-23-28-25-30(29)32(34)35-28/h19-22,28-30H,2-18,23-25H2,1H3. The van der Waals surface area contributed by atoms with Gasteiger partial charge in [0, 0.05) is 11.5 Å². The number of esters is 1. The van der Waals surface area contributed by atoms with Gasteiger partial charge in [-0.05, 0) is 37.7 Å². The quantitative estimate of drug-likeness (QED) is 0.112. The first kappa shape index (κ1) is 27.9. The van der Waals surface area contributed by atoms with Crippen molar-refractivity contribution in [2.24, 2.45) is 11.8 Å². The highest BCUT2D eigenvalue weighted by atomic mass is 16.6. The molecule has 2 fully saturated rings. The first-order chi connectivity index (χ1) is 17.2. The lowest BCUT2D eigenvalue weighted by Crippen LogP contribution is -2.29. The fourth-order valence-electron chi connectivity index (χ4n) is 5.99. The molecule has 1 aromatic carbocycles. The summed E-state index contributed by atoms with van der Waals surface area (Å²) in [5, 5.41) is 0. The van der Waals surface area contributed by atoms with Crippen LogP contribution in [0.1, 0.15) is 145 Å². The Morgan fingerprint density at radius 3 is 1.80 bits per heavy atom. The van der Waals surface area contributed by atoms with Gasteiger partial charge < -0.3 is 4.74 Å². The summed E-state index contributed by atoms with van der Waals surface area (Å²) in [7, 11) is 0. The Morgan fingerprint density at radius 2 is 1.26 bits per heavy atom. The molecule has 196 valence electrons. The molecular formula is C32H50O3. The molecule has 1 aromatic rings. The molecule has 1 aliphatic carbocycles. The average Bonchev–Trinajstić information content (AvgIpc) is 3.16. The van der Waals surface area contributed by atoms with E-state index in [1.165, 1.54) is 108 Å². The number of rotatable bonds is 19. The maximum atomic E-state index is 13.0. The Bertz CT molecular complexity index is 738. The van der Waals surface area contributed by atoms with Gasteiger partial charge in [0.15, 0.2) is 5.78 Å². The zero-order chi connectivity index (χ0) is 24.7. The lowest BCUT2D eigenvalue weighted by Gasteiger charge is -2.23. The number of hydrogen-bond donors (Lipinski definition) is 0. The van der Waals surface area contributed by atoms with Gasteiger partial charge in [-0.2, -0.15) is 0 Å². The maximum absolute atomic E-state index is 13.0. The highest BCUT2D eigenvalue weighted by molar-refractivity contribution is 6.00. The lowest BCUT2D eigenvalue weighted by atomic mass is 9.76. The van der Waals surface area contributed by atoms with Crippen molar-refractivity contribution in [3.63, 3.8) is 0 Å². The molecule has 3 unspecified atom stereocenters. The van der Waals surface area contributed by atoms with Gasteiger partial charge in [0.2, 0.25) is 0 Å². The SMILES string of the molecule is CCCCCCCCCCCCCCCCCCc1ccc(C(=O)C2CCC3CC2C(=O)O3)cc1. The fourth-order valence-corrected chi connectivity index (χ4v) is 5.99. The molecule has 0 spiro atoms. The van der Waals surface area contributed by atoms with E-state index in [1.807, 2.05) is 12.1 Å². The van der Waals surface area contributed by atoms with Crippen molar-refractivity contribution < 1.29 is 14.3 Å². The smallest absolute Gasteiger partial charge is 0.310 e. The number of aryl methyl sites for hydroxylation is 1. The van der Waals surface area contributed by atoms with Gasteiger partial charge in [-0.15, -0.1) is 0 Å². The van der Waals surface area contributed by atoms with E-state index in [9.17, 15) is 9.59 Å². The zero-order valence-electron chi connectivity index (χ0n) is 22.4. The van der Waals surface area contributed by atoms with Crippen LogP contribution in [-0.2, 0) is 16.0 Å². The van der Waals surface area contributed by atoms with E-state index in [0.29, 0.717) is 0 Å². The number of hydrogen-bond acceptors (Lipinski definition) is 3. The zero-order valence-corrected chi connectivity index (χ0v) is 22.4. The molecule has 3 rings (SSSR count). The van der Waals surface area contributed by atoms with E-state index < -0.39 is 0 Å². The molecule has 0 aromatic heterocycles. The summed E-state index contributed by atoms with van der Waals surface area (Å²) in [6, 6.07) is 8.15. The Morgan fingerprint density at radius 1 is 0.743 bits per heavy atom. The largest absolute Gasteiger partial charge is 0.462 e. The molecule has 2 bridgehead atoms. The molecule has 3 heteroatoms. The molecule has 2 aliphatic rings. The van der Waals surface area contributed by atoms with Crippen LogP contribution in [0, 0.1) is 11.8 Å². The molecule has 0 N–H and O–H groups in total. The molecule has 1 saturated heterocycles. The molecular weight excluding hydrogens is 432 g/mol. The predicted octanol–water partition coefficient (Wildman–Crippen LogP) is 9.02. The summed E-state index contributed by atoms with van der Waals surface area (Å²) >= 11 is 0. The van der Waals surface area contributed by atoms with Crippen LogP contribution in [-0.4, -0.2) is 17.9 Å². The average molecular weight is 483 g/mol. The summed E-state index contributed by atoms with van der Waals surface area (Å²) in [4.78, 5) is 25.0. The fraction of sp³-hybridized carbons (Fsp3) is 0.750. The van der Waals surface area contributed by atoms with Gasteiger partial charge in [-0.1, -0.05) is 128 Å². The topological polar surface area (TPSA) is 43.4 Å². The number of ether oxygens (including phenoxy) is 1. The summed E-state index contributed by atoms with van der Waals surface area (Å²) in [6.45, 7) is 2.29. The van der Waals surface area contributed by atoms with E-state index in [1.54, 1.807) is 0 Å². The number of benzene rings is 1. The van der Waals surface area contributed by atoms with Gasteiger partial charge in [0.25, 0.3) is 0 Å². The molecule has 1 heterocycles. The minimum Gasteiger partial charge on any atom is -0.462 e. The van der Waals surface area contributed by atoms with Crippen molar-refractivity contribution in [3.8, 4) is 0 Å². The monoisotopic (exact) mass is 482 g/mol. The highest BCUT2D eigenvalue weighted by Gasteiger charge is 2.46. The number of ketones is 1. The van der Waals surface area contributed by atoms with Crippen molar-refractivity contribution in [3.05, 3.63) is 35.4 Å². The Kier molecular flexibility index (Phi) is 12.9. The molecule has 35 heavy (non-hydrogen) atoms. The summed E-state index contributed by atoms with van der Waals surface area (Å²) < 4.78 is 5.35. The van der Waals surface area contributed by atoms with Crippen molar-refractivity contribution in [2.45, 2.75) is 141 Å². The highest BCUT2D eigenvalue weighted by Crippen LogP contribution is 2.40. The third-order valence-corrected chi connectivity index (χ3v) is 8.28. The van der Waals surface area contributed by atoms with Gasteiger partial charge in [-0.3, -0.25) is 9.59 Å². The van der Waals surface area contributed by atoms with Gasteiger partial charge in [-0.25, -0.2) is 0 Å². The van der Waals surface area contributed by atoms with Crippen LogP contribution >= 0.6 is 0 Å². The van der Waals surface area contributed by atoms with Gasteiger partial charge >= 0.3 is 5.97 Å². The second kappa shape index (κ2) is 16.2. The second-order valence-corrected chi connectivity index (χ2v) is 11.2. The van der Waals surface area contributed by atoms with Crippen molar-refractivity contribution in [1.29, 1.82) is 0 Å². The molecule has 0 radical (unpaired) electrons. The molecule has 1 aliphatic heterocycles. The van der Waals surface area contributed by atoms with Crippen LogP contribution in [0.2, 0.25) is 0 Å². The van der Waals surface area contributed by atoms with E-state index in [4.69, 9.17) is 4.74 Å². The van der Waals surface area contributed by atoms with Gasteiger partial charge in [0.1, 0.15) is 6.10 Å². The maximum Gasteiger partial charge on any atom is 0.310 e. The minimum absolute atomic E-state index is 0.0543. The Balaban J connectivity index is 1.16. The van der Waals surface area contributed by atoms with E-state index in [2.05, 4.69) is 19.1 Å². The molecule has 3 atom stereocenters. The van der Waals surface area contributed by atoms with Crippen molar-refractivity contribution >= 4 is 11.8 Å². The summed E-state index contributed by atoms with van der Waals surface area (Å²) in [6.07, 6.45) is 25.8. The summed E-state index contributed by atoms with van der Waals surface area (Å²) in [5.41, 5.74) is 2.07. The number of Topliss-reactive ketones (excluding diaryl/α,β-unsaturated/α-hetero) is 1. The van der Waals surface area contributed by atoms with Crippen molar-refractivity contribution in [1.82, 2.24) is 0 Å². The third-order valence-electron chi connectivity index (χ3n) is 8.28. The number of carbonyl (C=O) groups is 2. The van der Waals surface area contributed by atoms with Crippen LogP contribution in [0.3, 0.4) is 0 Å². The molecule has 0 amide bonds. The predicted molar refractivity (Wildman–Crippen MR) is 145 cm³/mol.